The van der Waals surface area contributed by atoms with Crippen LogP contribution in [0.5, 0.6) is 0 Å². The van der Waals surface area contributed by atoms with Gasteiger partial charge in [-0.2, -0.15) is 10.2 Å². The van der Waals surface area contributed by atoms with Gasteiger partial charge in [-0.15, -0.1) is 0 Å². The van der Waals surface area contributed by atoms with E-state index in [1.807, 2.05) is 62.4 Å². The number of amides is 1. The van der Waals surface area contributed by atoms with E-state index >= 15 is 0 Å². The van der Waals surface area contributed by atoms with Crippen LogP contribution in [0.3, 0.4) is 0 Å². The Kier molecular flexibility index (Phi) is 5.68. The van der Waals surface area contributed by atoms with Gasteiger partial charge >= 0.3 is 0 Å². The van der Waals surface area contributed by atoms with Crippen LogP contribution >= 0.6 is 0 Å². The van der Waals surface area contributed by atoms with Gasteiger partial charge in [0.05, 0.1) is 23.6 Å². The van der Waals surface area contributed by atoms with E-state index in [9.17, 15) is 4.79 Å². The average molecular weight is 380 g/mol. The summed E-state index contributed by atoms with van der Waals surface area (Å²) in [6.07, 6.45) is 3.00. The zero-order valence-electron chi connectivity index (χ0n) is 17.6. The molecule has 0 aliphatic heterocycles. The van der Waals surface area contributed by atoms with E-state index in [1.54, 1.807) is 0 Å². The van der Waals surface area contributed by atoms with Gasteiger partial charge in [-0.1, -0.05) is 18.2 Å². The smallest absolute Gasteiger partial charge is 0.220 e. The van der Waals surface area contributed by atoms with Crippen molar-refractivity contribution in [1.82, 2.24) is 24.9 Å². The molecule has 6 nitrogen and oxygen atoms in total. The number of nitrogens with zero attached hydrogens (tertiary/aromatic N) is 4. The Bertz CT molecular complexity index is 999. The van der Waals surface area contributed by atoms with Crippen molar-refractivity contribution in [2.24, 2.45) is 7.05 Å². The Morgan fingerprint density at radius 2 is 1.86 bits per heavy atom. The molecule has 28 heavy (non-hydrogen) atoms. The fraction of sp³-hybridized carbons (Fsp3) is 0.409. The first-order chi connectivity index (χ1) is 13.3. The van der Waals surface area contributed by atoms with Gasteiger partial charge in [-0.3, -0.25) is 9.48 Å². The Labute approximate surface area is 166 Å². The van der Waals surface area contributed by atoms with Crippen LogP contribution in [0.15, 0.2) is 30.5 Å². The van der Waals surface area contributed by atoms with Gasteiger partial charge in [0.2, 0.25) is 5.91 Å². The lowest BCUT2D eigenvalue weighted by Crippen LogP contribution is -2.27. The fourth-order valence-electron chi connectivity index (χ4n) is 3.70. The molecule has 0 saturated heterocycles. The maximum atomic E-state index is 12.5. The number of carbonyl (C=O) groups is 1. The number of hydrogen-bond donors (Lipinski definition) is 1. The van der Waals surface area contributed by atoms with Crippen molar-refractivity contribution in [3.05, 3.63) is 64.2 Å². The van der Waals surface area contributed by atoms with Crippen molar-refractivity contribution in [3.63, 3.8) is 0 Å². The van der Waals surface area contributed by atoms with Crippen molar-refractivity contribution in [3.8, 4) is 5.69 Å². The van der Waals surface area contributed by atoms with Crippen LogP contribution in [0.1, 0.15) is 53.2 Å². The Hall–Kier alpha value is -2.89. The lowest BCUT2D eigenvalue weighted by Gasteiger charge is -2.15. The summed E-state index contributed by atoms with van der Waals surface area (Å²) >= 11 is 0. The number of carbonyl (C=O) groups excluding carboxylic acids is 1. The van der Waals surface area contributed by atoms with Crippen LogP contribution in [0, 0.1) is 27.7 Å². The first kappa shape index (κ1) is 19.9. The Morgan fingerprint density at radius 1 is 1.14 bits per heavy atom. The molecule has 0 radical (unpaired) electrons. The summed E-state index contributed by atoms with van der Waals surface area (Å²) in [6, 6.07) is 8.07. The highest BCUT2D eigenvalue weighted by atomic mass is 16.1. The van der Waals surface area contributed by atoms with Crippen LogP contribution in [0.25, 0.3) is 5.69 Å². The third kappa shape index (κ3) is 3.86. The van der Waals surface area contributed by atoms with Gasteiger partial charge in [0.15, 0.2) is 0 Å². The Morgan fingerprint density at radius 3 is 2.50 bits per heavy atom. The van der Waals surface area contributed by atoms with Gasteiger partial charge in [0, 0.05) is 30.4 Å². The molecule has 2 heterocycles. The lowest BCUT2D eigenvalue weighted by molar-refractivity contribution is -0.121. The molecule has 1 atom stereocenters. The van der Waals surface area contributed by atoms with E-state index in [0.29, 0.717) is 12.8 Å². The summed E-state index contributed by atoms with van der Waals surface area (Å²) in [6.45, 7) is 10.2. The maximum Gasteiger partial charge on any atom is 0.220 e. The molecule has 0 spiro atoms. The quantitative estimate of drug-likeness (QED) is 0.711. The minimum atomic E-state index is -0.0960. The van der Waals surface area contributed by atoms with Gasteiger partial charge in [0.25, 0.3) is 0 Å². The standard InChI is InChI=1S/C22H29N5O/c1-14-9-7-8-10-21(14)27-18(5)20(13-23-27)15(2)24-22(28)12-11-19-16(3)25-26(6)17(19)4/h7-10,13,15H,11-12H2,1-6H3,(H,24,28)/t15-/m0/s1. The van der Waals surface area contributed by atoms with Crippen LogP contribution in [-0.4, -0.2) is 25.5 Å². The molecule has 0 aliphatic rings. The molecule has 1 N–H and O–H groups in total. The predicted octanol–water partition coefficient (Wildman–Crippen LogP) is 3.65. The van der Waals surface area contributed by atoms with E-state index in [0.717, 1.165) is 33.9 Å². The van der Waals surface area contributed by atoms with Crippen LogP contribution in [0.4, 0.5) is 0 Å². The van der Waals surface area contributed by atoms with E-state index < -0.39 is 0 Å². The summed E-state index contributed by atoms with van der Waals surface area (Å²) in [5.41, 5.74) is 7.58. The number of nitrogens with one attached hydrogen (secondary N) is 1. The number of hydrogen-bond acceptors (Lipinski definition) is 3. The second kappa shape index (κ2) is 8.00. The molecule has 1 amide bonds. The first-order valence-corrected chi connectivity index (χ1v) is 9.68. The summed E-state index contributed by atoms with van der Waals surface area (Å²) in [5.74, 6) is 0.0400. The van der Waals surface area contributed by atoms with Gasteiger partial charge < -0.3 is 5.32 Å². The number of para-hydroxylation sites is 1. The van der Waals surface area contributed by atoms with Gasteiger partial charge in [-0.05, 0) is 58.2 Å². The summed E-state index contributed by atoms with van der Waals surface area (Å²) < 4.78 is 3.81. The number of aryl methyl sites for hydroxylation is 3. The molecule has 0 aliphatic carbocycles. The molecule has 0 fully saturated rings. The highest BCUT2D eigenvalue weighted by Gasteiger charge is 2.18. The molecule has 148 valence electrons. The van der Waals surface area contributed by atoms with Crippen LogP contribution < -0.4 is 5.32 Å². The molecule has 2 aromatic heterocycles. The summed E-state index contributed by atoms with van der Waals surface area (Å²) in [5, 5.41) is 12.1. The second-order valence-corrected chi connectivity index (χ2v) is 7.45. The van der Waals surface area contributed by atoms with Crippen molar-refractivity contribution in [2.45, 2.75) is 53.5 Å². The normalized spacial score (nSPS) is 12.2. The first-order valence-electron chi connectivity index (χ1n) is 9.68. The van der Waals surface area contributed by atoms with E-state index in [4.69, 9.17) is 0 Å². The minimum Gasteiger partial charge on any atom is -0.349 e. The molecule has 3 rings (SSSR count). The van der Waals surface area contributed by atoms with Crippen molar-refractivity contribution in [2.75, 3.05) is 0 Å². The topological polar surface area (TPSA) is 64.7 Å². The Balaban J connectivity index is 1.67. The third-order valence-corrected chi connectivity index (χ3v) is 5.50. The molecule has 0 bridgehead atoms. The SMILES string of the molecule is Cc1ccccc1-n1ncc([C@H](C)NC(=O)CCc2c(C)nn(C)c2C)c1C. The van der Waals surface area contributed by atoms with Crippen LogP contribution in [-0.2, 0) is 18.3 Å². The zero-order valence-corrected chi connectivity index (χ0v) is 17.6. The molecule has 3 aromatic rings. The number of benzene rings is 1. The highest BCUT2D eigenvalue weighted by Crippen LogP contribution is 2.22. The second-order valence-electron chi connectivity index (χ2n) is 7.45. The van der Waals surface area contributed by atoms with E-state index in [1.165, 1.54) is 5.56 Å². The highest BCUT2D eigenvalue weighted by molar-refractivity contribution is 5.76. The fourth-order valence-corrected chi connectivity index (χ4v) is 3.70. The van der Waals surface area contributed by atoms with Crippen LogP contribution in [0.2, 0.25) is 0 Å². The van der Waals surface area contributed by atoms with Gasteiger partial charge in [-0.25, -0.2) is 4.68 Å². The number of aromatic nitrogens is 4. The minimum absolute atomic E-state index is 0.0400. The number of rotatable bonds is 6. The molecule has 0 saturated carbocycles. The summed E-state index contributed by atoms with van der Waals surface area (Å²) in [7, 11) is 1.93. The van der Waals surface area contributed by atoms with E-state index in [-0.39, 0.29) is 11.9 Å². The molecule has 1 aromatic carbocycles. The third-order valence-electron chi connectivity index (χ3n) is 5.50. The molecule has 0 unspecified atom stereocenters. The summed E-state index contributed by atoms with van der Waals surface area (Å²) in [4.78, 5) is 12.5. The lowest BCUT2D eigenvalue weighted by atomic mass is 10.1. The monoisotopic (exact) mass is 379 g/mol. The molecular weight excluding hydrogens is 350 g/mol. The average Bonchev–Trinajstić information content (AvgIpc) is 3.13. The molecule has 6 heteroatoms. The maximum absolute atomic E-state index is 12.5. The predicted molar refractivity (Wildman–Crippen MR) is 111 cm³/mol. The van der Waals surface area contributed by atoms with Crippen molar-refractivity contribution < 1.29 is 4.79 Å². The van der Waals surface area contributed by atoms with Gasteiger partial charge in [0.1, 0.15) is 0 Å². The van der Waals surface area contributed by atoms with Crippen molar-refractivity contribution in [1.29, 1.82) is 0 Å². The molecular formula is C22H29N5O. The van der Waals surface area contributed by atoms with E-state index in [2.05, 4.69) is 34.6 Å². The largest absolute Gasteiger partial charge is 0.349 e. The zero-order chi connectivity index (χ0) is 20.4. The van der Waals surface area contributed by atoms with Crippen molar-refractivity contribution >= 4 is 5.91 Å².